The molecule has 0 bridgehead atoms. The van der Waals surface area contributed by atoms with Crippen molar-refractivity contribution in [3.05, 3.63) is 22.4 Å². The fraction of sp³-hybridized carbons (Fsp3) is 0.737. The van der Waals surface area contributed by atoms with Gasteiger partial charge in [-0.15, -0.1) is 11.3 Å². The maximum atomic E-state index is 6.03. The Bertz CT molecular complexity index is 439. The zero-order valence-electron chi connectivity index (χ0n) is 15.1. The SMILES string of the molecule is CN=C(NCCCCOC1CCCCCC1)NCCc1cccs1. The summed E-state index contributed by atoms with van der Waals surface area (Å²) in [6.07, 6.45) is 11.8. The highest BCUT2D eigenvalue weighted by molar-refractivity contribution is 7.09. The molecule has 24 heavy (non-hydrogen) atoms. The topological polar surface area (TPSA) is 45.7 Å². The Morgan fingerprint density at radius 3 is 2.67 bits per heavy atom. The van der Waals surface area contributed by atoms with Crippen LogP contribution in [0, 0.1) is 0 Å². The van der Waals surface area contributed by atoms with Crippen LogP contribution in [0.2, 0.25) is 0 Å². The maximum Gasteiger partial charge on any atom is 0.190 e. The molecule has 1 heterocycles. The molecular formula is C19H33N3OS. The first-order valence-electron chi connectivity index (χ1n) is 9.47. The predicted octanol–water partition coefficient (Wildman–Crippen LogP) is 3.98. The Hall–Kier alpha value is -1.07. The van der Waals surface area contributed by atoms with E-state index in [1.54, 1.807) is 0 Å². The van der Waals surface area contributed by atoms with Gasteiger partial charge in [0.2, 0.25) is 0 Å². The minimum absolute atomic E-state index is 0.521. The molecule has 1 aromatic rings. The molecule has 0 amide bonds. The fourth-order valence-corrected chi connectivity index (χ4v) is 3.78. The highest BCUT2D eigenvalue weighted by Crippen LogP contribution is 2.19. The van der Waals surface area contributed by atoms with Crippen LogP contribution in [0.25, 0.3) is 0 Å². The molecule has 1 aliphatic carbocycles. The number of ether oxygens (including phenoxy) is 1. The minimum Gasteiger partial charge on any atom is -0.378 e. The second-order valence-electron chi connectivity index (χ2n) is 6.45. The molecule has 0 saturated heterocycles. The second-order valence-corrected chi connectivity index (χ2v) is 7.48. The van der Waals surface area contributed by atoms with Crippen LogP contribution in [0.4, 0.5) is 0 Å². The first-order valence-corrected chi connectivity index (χ1v) is 10.3. The molecule has 0 unspecified atom stereocenters. The lowest BCUT2D eigenvalue weighted by molar-refractivity contribution is 0.0411. The summed E-state index contributed by atoms with van der Waals surface area (Å²) >= 11 is 1.81. The van der Waals surface area contributed by atoms with Crippen molar-refractivity contribution in [2.75, 3.05) is 26.7 Å². The van der Waals surface area contributed by atoms with E-state index in [2.05, 4.69) is 33.1 Å². The van der Waals surface area contributed by atoms with Crippen LogP contribution in [-0.4, -0.2) is 38.8 Å². The average molecular weight is 352 g/mol. The van der Waals surface area contributed by atoms with Gasteiger partial charge in [0, 0.05) is 31.6 Å². The summed E-state index contributed by atoms with van der Waals surface area (Å²) < 4.78 is 6.03. The van der Waals surface area contributed by atoms with Gasteiger partial charge in [0.25, 0.3) is 0 Å². The fourth-order valence-electron chi connectivity index (χ4n) is 3.07. The molecular weight excluding hydrogens is 318 g/mol. The summed E-state index contributed by atoms with van der Waals surface area (Å²) in [5, 5.41) is 8.88. The third-order valence-electron chi connectivity index (χ3n) is 4.49. The summed E-state index contributed by atoms with van der Waals surface area (Å²) in [6.45, 7) is 2.77. The molecule has 1 saturated carbocycles. The lowest BCUT2D eigenvalue weighted by Crippen LogP contribution is -2.38. The smallest absolute Gasteiger partial charge is 0.190 e. The molecule has 0 spiro atoms. The van der Waals surface area contributed by atoms with Crippen LogP contribution < -0.4 is 10.6 Å². The van der Waals surface area contributed by atoms with Crippen molar-refractivity contribution < 1.29 is 4.74 Å². The highest BCUT2D eigenvalue weighted by atomic mass is 32.1. The molecule has 1 fully saturated rings. The summed E-state index contributed by atoms with van der Waals surface area (Å²) in [4.78, 5) is 5.69. The molecule has 2 N–H and O–H groups in total. The van der Waals surface area contributed by atoms with E-state index in [-0.39, 0.29) is 0 Å². The minimum atomic E-state index is 0.521. The number of hydrogen-bond acceptors (Lipinski definition) is 3. The molecule has 5 heteroatoms. The van der Waals surface area contributed by atoms with Gasteiger partial charge in [-0.05, 0) is 43.6 Å². The third kappa shape index (κ3) is 8.15. The van der Waals surface area contributed by atoms with Crippen molar-refractivity contribution in [3.63, 3.8) is 0 Å². The van der Waals surface area contributed by atoms with Crippen molar-refractivity contribution in [2.45, 2.75) is 63.9 Å². The quantitative estimate of drug-likeness (QED) is 0.306. The van der Waals surface area contributed by atoms with Gasteiger partial charge in [0.15, 0.2) is 5.96 Å². The largest absolute Gasteiger partial charge is 0.378 e. The molecule has 136 valence electrons. The number of aliphatic imine (C=N–C) groups is 1. The number of unbranched alkanes of at least 4 members (excludes halogenated alkanes) is 1. The van der Waals surface area contributed by atoms with E-state index < -0.39 is 0 Å². The number of hydrogen-bond donors (Lipinski definition) is 2. The molecule has 0 radical (unpaired) electrons. The van der Waals surface area contributed by atoms with Crippen molar-refractivity contribution in [2.24, 2.45) is 4.99 Å². The Morgan fingerprint density at radius 2 is 1.96 bits per heavy atom. The van der Waals surface area contributed by atoms with Crippen molar-refractivity contribution >= 4 is 17.3 Å². The van der Waals surface area contributed by atoms with Crippen molar-refractivity contribution in [3.8, 4) is 0 Å². The number of nitrogens with one attached hydrogen (secondary N) is 2. The Balaban J connectivity index is 1.46. The van der Waals surface area contributed by atoms with Crippen LogP contribution in [0.3, 0.4) is 0 Å². The monoisotopic (exact) mass is 351 g/mol. The lowest BCUT2D eigenvalue weighted by Gasteiger charge is -2.15. The van der Waals surface area contributed by atoms with E-state index in [4.69, 9.17) is 4.74 Å². The van der Waals surface area contributed by atoms with Crippen LogP contribution in [0.15, 0.2) is 22.5 Å². The van der Waals surface area contributed by atoms with E-state index in [9.17, 15) is 0 Å². The average Bonchev–Trinajstić information content (AvgIpc) is 2.98. The van der Waals surface area contributed by atoms with Crippen molar-refractivity contribution in [1.29, 1.82) is 0 Å². The molecule has 4 nitrogen and oxygen atoms in total. The zero-order chi connectivity index (χ0) is 16.9. The van der Waals surface area contributed by atoms with Crippen LogP contribution in [0.5, 0.6) is 0 Å². The van der Waals surface area contributed by atoms with Gasteiger partial charge in [-0.1, -0.05) is 31.7 Å². The summed E-state index contributed by atoms with van der Waals surface area (Å²) in [6, 6.07) is 4.28. The summed E-state index contributed by atoms with van der Waals surface area (Å²) in [5.41, 5.74) is 0. The first-order chi connectivity index (χ1) is 11.9. The van der Waals surface area contributed by atoms with Gasteiger partial charge in [-0.3, -0.25) is 4.99 Å². The van der Waals surface area contributed by atoms with E-state index in [0.717, 1.165) is 44.9 Å². The first kappa shape index (κ1) is 19.3. The summed E-state index contributed by atoms with van der Waals surface area (Å²) in [5.74, 6) is 0.899. The van der Waals surface area contributed by atoms with Gasteiger partial charge >= 0.3 is 0 Å². The molecule has 0 aromatic carbocycles. The van der Waals surface area contributed by atoms with Crippen LogP contribution in [-0.2, 0) is 11.2 Å². The molecule has 1 aromatic heterocycles. The van der Waals surface area contributed by atoms with Crippen LogP contribution >= 0.6 is 11.3 Å². The number of rotatable bonds is 9. The third-order valence-corrected chi connectivity index (χ3v) is 5.42. The zero-order valence-corrected chi connectivity index (χ0v) is 15.9. The van der Waals surface area contributed by atoms with Gasteiger partial charge in [0.1, 0.15) is 0 Å². The molecule has 2 rings (SSSR count). The second kappa shape index (κ2) is 12.3. The maximum absolute atomic E-state index is 6.03. The van der Waals surface area contributed by atoms with Gasteiger partial charge < -0.3 is 15.4 Å². The highest BCUT2D eigenvalue weighted by Gasteiger charge is 2.11. The van der Waals surface area contributed by atoms with Gasteiger partial charge in [-0.2, -0.15) is 0 Å². The van der Waals surface area contributed by atoms with E-state index in [1.807, 2.05) is 18.4 Å². The Kier molecular flexibility index (Phi) is 9.88. The van der Waals surface area contributed by atoms with E-state index in [1.165, 1.54) is 43.4 Å². The van der Waals surface area contributed by atoms with E-state index in [0.29, 0.717) is 6.10 Å². The molecule has 1 aliphatic rings. The van der Waals surface area contributed by atoms with Gasteiger partial charge in [-0.25, -0.2) is 0 Å². The Labute approximate surface area is 151 Å². The van der Waals surface area contributed by atoms with Gasteiger partial charge in [0.05, 0.1) is 6.10 Å². The Morgan fingerprint density at radius 1 is 1.17 bits per heavy atom. The van der Waals surface area contributed by atoms with Crippen LogP contribution in [0.1, 0.15) is 56.2 Å². The standard InChI is InChI=1S/C19H33N3OS/c1-20-19(22-14-12-18-11-8-16-24-18)21-13-6-7-15-23-17-9-4-2-3-5-10-17/h8,11,16-17H,2-7,9-10,12-15H2,1H3,(H2,20,21,22). The predicted molar refractivity (Wildman–Crippen MR) is 104 cm³/mol. The number of nitrogens with zero attached hydrogens (tertiary/aromatic N) is 1. The van der Waals surface area contributed by atoms with E-state index >= 15 is 0 Å². The lowest BCUT2D eigenvalue weighted by atomic mass is 10.1. The summed E-state index contributed by atoms with van der Waals surface area (Å²) in [7, 11) is 1.83. The normalized spacial score (nSPS) is 16.8. The number of guanidine groups is 1. The molecule has 0 atom stereocenters. The molecule has 0 aliphatic heterocycles. The number of thiophene rings is 1. The van der Waals surface area contributed by atoms with Crippen molar-refractivity contribution in [1.82, 2.24) is 10.6 Å².